The second-order valence-electron chi connectivity index (χ2n) is 4.37. The van der Waals surface area contributed by atoms with Gasteiger partial charge in [-0.05, 0) is 12.1 Å². The largest absolute Gasteiger partial charge is 0.340 e. The van der Waals surface area contributed by atoms with Gasteiger partial charge in [0.1, 0.15) is 0 Å². The third kappa shape index (κ3) is 1.76. The zero-order chi connectivity index (χ0) is 12.5. The van der Waals surface area contributed by atoms with Crippen molar-refractivity contribution in [2.24, 2.45) is 0 Å². The molecule has 0 saturated carbocycles. The van der Waals surface area contributed by atoms with Crippen LogP contribution in [0, 0.1) is 0 Å². The van der Waals surface area contributed by atoms with Gasteiger partial charge in [-0.1, -0.05) is 36.4 Å². The van der Waals surface area contributed by atoms with Crippen molar-refractivity contribution in [3.05, 3.63) is 48.5 Å². The Kier molecular flexibility index (Phi) is 2.74. The number of halogens is 2. The minimum atomic E-state index is -2.26. The van der Waals surface area contributed by atoms with Crippen LogP contribution in [0.25, 0.3) is 21.8 Å². The Hall–Kier alpha value is -1.90. The van der Waals surface area contributed by atoms with Crippen molar-refractivity contribution in [2.45, 2.75) is 19.4 Å². The van der Waals surface area contributed by atoms with Crippen molar-refractivity contribution < 1.29 is 8.78 Å². The molecule has 18 heavy (non-hydrogen) atoms. The van der Waals surface area contributed by atoms with Crippen LogP contribution in [0.5, 0.6) is 0 Å². The maximum atomic E-state index is 12.4. The van der Waals surface area contributed by atoms with Crippen molar-refractivity contribution >= 4 is 21.8 Å². The van der Waals surface area contributed by atoms with Gasteiger partial charge in [-0.25, -0.2) is 8.78 Å². The first-order valence-corrected chi connectivity index (χ1v) is 6.01. The molecule has 2 aromatic carbocycles. The quantitative estimate of drug-likeness (QED) is 0.642. The Morgan fingerprint density at radius 1 is 0.833 bits per heavy atom. The normalized spacial score (nSPS) is 11.7. The Balaban J connectivity index is 2.24. The van der Waals surface area contributed by atoms with Gasteiger partial charge in [0, 0.05) is 34.8 Å². The fraction of sp³-hybridized carbons (Fsp3) is 0.200. The number of alkyl halides is 2. The lowest BCUT2D eigenvalue weighted by atomic mass is 10.2. The zero-order valence-electron chi connectivity index (χ0n) is 9.81. The topological polar surface area (TPSA) is 4.93 Å². The molecule has 3 rings (SSSR count). The summed E-state index contributed by atoms with van der Waals surface area (Å²) in [6.07, 6.45) is -2.37. The van der Waals surface area contributed by atoms with Crippen molar-refractivity contribution in [1.29, 1.82) is 0 Å². The third-order valence-electron chi connectivity index (χ3n) is 3.25. The Morgan fingerprint density at radius 3 is 1.83 bits per heavy atom. The maximum absolute atomic E-state index is 12.4. The lowest BCUT2D eigenvalue weighted by Crippen LogP contribution is -2.02. The molecule has 0 fully saturated rings. The first kappa shape index (κ1) is 11.2. The third-order valence-corrected chi connectivity index (χ3v) is 3.25. The van der Waals surface area contributed by atoms with Gasteiger partial charge >= 0.3 is 0 Å². The summed E-state index contributed by atoms with van der Waals surface area (Å²) < 4.78 is 26.8. The lowest BCUT2D eigenvalue weighted by molar-refractivity contribution is 0.132. The van der Waals surface area contributed by atoms with E-state index in [9.17, 15) is 8.78 Å². The Morgan fingerprint density at radius 2 is 1.33 bits per heavy atom. The van der Waals surface area contributed by atoms with Crippen LogP contribution >= 0.6 is 0 Å². The van der Waals surface area contributed by atoms with Gasteiger partial charge in [0.25, 0.3) is 0 Å². The van der Waals surface area contributed by atoms with Gasteiger partial charge in [-0.3, -0.25) is 0 Å². The molecule has 0 spiro atoms. The van der Waals surface area contributed by atoms with Crippen LogP contribution in [0.3, 0.4) is 0 Å². The summed E-state index contributed by atoms with van der Waals surface area (Å²) in [6, 6.07) is 15.9. The molecule has 0 unspecified atom stereocenters. The molecule has 0 N–H and O–H groups in total. The first-order valence-electron chi connectivity index (χ1n) is 6.01. The minimum Gasteiger partial charge on any atom is -0.340 e. The summed E-state index contributed by atoms with van der Waals surface area (Å²) in [6.45, 7) is 0.353. The van der Waals surface area contributed by atoms with E-state index in [0.29, 0.717) is 6.54 Å². The fourth-order valence-electron chi connectivity index (χ4n) is 2.47. The standard InChI is InChI=1S/C15H13F2N/c16-15(17)9-10-18-13-7-3-1-5-11(13)12-6-2-4-8-14(12)18/h1-8,15H,9-10H2. The number of aromatic nitrogens is 1. The molecule has 0 aliphatic heterocycles. The molecule has 0 aliphatic carbocycles. The maximum Gasteiger partial charge on any atom is 0.240 e. The zero-order valence-corrected chi connectivity index (χ0v) is 9.81. The number of nitrogens with zero attached hydrogens (tertiary/aromatic N) is 1. The summed E-state index contributed by atoms with van der Waals surface area (Å²) >= 11 is 0. The van der Waals surface area contributed by atoms with Crippen LogP contribution < -0.4 is 0 Å². The number of hydrogen-bond donors (Lipinski definition) is 0. The van der Waals surface area contributed by atoms with Gasteiger partial charge in [0.05, 0.1) is 0 Å². The highest BCUT2D eigenvalue weighted by Crippen LogP contribution is 2.29. The van der Waals surface area contributed by atoms with Crippen LogP contribution in [0.4, 0.5) is 8.78 Å². The van der Waals surface area contributed by atoms with E-state index in [1.165, 1.54) is 0 Å². The van der Waals surface area contributed by atoms with E-state index >= 15 is 0 Å². The molecule has 0 saturated heterocycles. The predicted molar refractivity (Wildman–Crippen MR) is 70.1 cm³/mol. The van der Waals surface area contributed by atoms with Crippen LogP contribution in [-0.2, 0) is 6.54 Å². The molecule has 1 aromatic heterocycles. The molecule has 0 bridgehead atoms. The van der Waals surface area contributed by atoms with E-state index in [1.807, 2.05) is 53.1 Å². The number of aryl methyl sites for hydroxylation is 1. The van der Waals surface area contributed by atoms with Crippen molar-refractivity contribution in [2.75, 3.05) is 0 Å². The molecule has 3 heteroatoms. The number of para-hydroxylation sites is 2. The summed E-state index contributed by atoms with van der Waals surface area (Å²) in [7, 11) is 0. The van der Waals surface area contributed by atoms with Crippen LogP contribution in [0.15, 0.2) is 48.5 Å². The highest BCUT2D eigenvalue weighted by Gasteiger charge is 2.11. The Bertz CT molecular complexity index is 632. The molecule has 0 radical (unpaired) electrons. The highest BCUT2D eigenvalue weighted by molar-refractivity contribution is 6.07. The summed E-state index contributed by atoms with van der Waals surface area (Å²) in [4.78, 5) is 0. The van der Waals surface area contributed by atoms with Crippen LogP contribution in [-0.4, -0.2) is 11.0 Å². The minimum absolute atomic E-state index is 0.108. The van der Waals surface area contributed by atoms with Gasteiger partial charge in [0.15, 0.2) is 0 Å². The van der Waals surface area contributed by atoms with E-state index < -0.39 is 6.43 Å². The molecular weight excluding hydrogens is 232 g/mol. The summed E-state index contributed by atoms with van der Waals surface area (Å²) in [5, 5.41) is 2.25. The van der Waals surface area contributed by atoms with E-state index in [4.69, 9.17) is 0 Å². The first-order chi connectivity index (χ1) is 8.77. The molecule has 3 aromatic rings. The average Bonchev–Trinajstić information content (AvgIpc) is 2.71. The van der Waals surface area contributed by atoms with Crippen molar-refractivity contribution in [1.82, 2.24) is 4.57 Å². The Labute approximate surface area is 104 Å². The van der Waals surface area contributed by atoms with Gasteiger partial charge in [-0.2, -0.15) is 0 Å². The number of benzene rings is 2. The summed E-state index contributed by atoms with van der Waals surface area (Å²) in [5.41, 5.74) is 2.05. The van der Waals surface area contributed by atoms with Crippen molar-refractivity contribution in [3.8, 4) is 0 Å². The second kappa shape index (κ2) is 4.41. The molecule has 0 aliphatic rings. The number of rotatable bonds is 3. The van der Waals surface area contributed by atoms with Crippen molar-refractivity contribution in [3.63, 3.8) is 0 Å². The fourth-order valence-corrected chi connectivity index (χ4v) is 2.47. The number of fused-ring (bicyclic) bond motifs is 3. The van der Waals surface area contributed by atoms with E-state index in [1.54, 1.807) is 0 Å². The summed E-state index contributed by atoms with van der Waals surface area (Å²) in [5.74, 6) is 0. The van der Waals surface area contributed by atoms with Gasteiger partial charge in [-0.15, -0.1) is 0 Å². The SMILES string of the molecule is FC(F)CCn1c2ccccc2c2ccccc21. The molecule has 0 amide bonds. The average molecular weight is 245 g/mol. The number of hydrogen-bond acceptors (Lipinski definition) is 0. The highest BCUT2D eigenvalue weighted by atomic mass is 19.3. The van der Waals surface area contributed by atoms with Crippen LogP contribution in [0.1, 0.15) is 6.42 Å². The van der Waals surface area contributed by atoms with E-state index in [0.717, 1.165) is 21.8 Å². The smallest absolute Gasteiger partial charge is 0.240 e. The van der Waals surface area contributed by atoms with Gasteiger partial charge < -0.3 is 4.57 Å². The monoisotopic (exact) mass is 245 g/mol. The van der Waals surface area contributed by atoms with E-state index in [-0.39, 0.29) is 6.42 Å². The molecular formula is C15H13F2N. The van der Waals surface area contributed by atoms with Gasteiger partial charge in [0.2, 0.25) is 6.43 Å². The van der Waals surface area contributed by atoms with Crippen LogP contribution in [0.2, 0.25) is 0 Å². The molecule has 92 valence electrons. The second-order valence-corrected chi connectivity index (χ2v) is 4.37. The predicted octanol–water partition coefficient (Wildman–Crippen LogP) is 4.45. The van der Waals surface area contributed by atoms with E-state index in [2.05, 4.69) is 0 Å². The lowest BCUT2D eigenvalue weighted by Gasteiger charge is -2.06. The molecule has 1 heterocycles. The molecule has 0 atom stereocenters. The molecule has 1 nitrogen and oxygen atoms in total.